The van der Waals surface area contributed by atoms with Crippen LogP contribution >= 0.6 is 0 Å². The predicted molar refractivity (Wildman–Crippen MR) is 118 cm³/mol. The molecule has 1 saturated heterocycles. The van der Waals surface area contributed by atoms with Crippen LogP contribution in [0.5, 0.6) is 5.75 Å². The van der Waals surface area contributed by atoms with Crippen molar-refractivity contribution >= 4 is 29.1 Å². The van der Waals surface area contributed by atoms with Gasteiger partial charge in [-0.15, -0.1) is 0 Å². The quantitative estimate of drug-likeness (QED) is 0.379. The van der Waals surface area contributed by atoms with Crippen LogP contribution in [0.3, 0.4) is 0 Å². The van der Waals surface area contributed by atoms with Gasteiger partial charge in [-0.05, 0) is 38.0 Å². The van der Waals surface area contributed by atoms with E-state index in [9.17, 15) is 19.7 Å². The second kappa shape index (κ2) is 10.4. The molecule has 1 amide bonds. The van der Waals surface area contributed by atoms with Crippen LogP contribution < -0.4 is 15.0 Å². The normalized spacial score (nSPS) is 14.6. The van der Waals surface area contributed by atoms with E-state index in [-0.39, 0.29) is 23.0 Å². The summed E-state index contributed by atoms with van der Waals surface area (Å²) in [5.74, 6) is -0.476. The second-order valence-corrected chi connectivity index (χ2v) is 7.49. The first-order valence-electron chi connectivity index (χ1n) is 10.3. The van der Waals surface area contributed by atoms with Crippen LogP contribution in [-0.4, -0.2) is 48.1 Å². The fraction of sp³-hybridized carbons (Fsp3) is 0.364. The number of benzene rings is 1. The van der Waals surface area contributed by atoms with E-state index in [4.69, 9.17) is 14.7 Å². The van der Waals surface area contributed by atoms with E-state index in [1.807, 2.05) is 11.0 Å². The van der Waals surface area contributed by atoms with Gasteiger partial charge in [0.2, 0.25) is 0 Å². The van der Waals surface area contributed by atoms with E-state index in [0.717, 1.165) is 5.82 Å². The molecule has 172 valence electrons. The summed E-state index contributed by atoms with van der Waals surface area (Å²) in [5.41, 5.74) is 0.384. The molecule has 1 unspecified atom stereocenters. The zero-order chi connectivity index (χ0) is 24.0. The Morgan fingerprint density at radius 1 is 1.30 bits per heavy atom. The van der Waals surface area contributed by atoms with Crippen LogP contribution in [0.1, 0.15) is 25.3 Å². The van der Waals surface area contributed by atoms with E-state index in [2.05, 4.69) is 10.3 Å². The van der Waals surface area contributed by atoms with Gasteiger partial charge in [0.1, 0.15) is 17.6 Å². The molecule has 3 rings (SSSR count). The molecule has 1 aromatic heterocycles. The molecule has 1 aromatic carbocycles. The van der Waals surface area contributed by atoms with E-state index >= 15 is 0 Å². The number of nitriles is 1. The SMILES string of the molecule is COc1ccc([N+](=O)[O-])cc1NC(=O)C(C)OC(=O)C1CCN(c2ccc(C#N)cn2)CC1. The first-order chi connectivity index (χ1) is 15.8. The van der Waals surface area contributed by atoms with Gasteiger partial charge in [-0.2, -0.15) is 5.26 Å². The Morgan fingerprint density at radius 2 is 2.03 bits per heavy atom. The largest absolute Gasteiger partial charge is 0.495 e. The monoisotopic (exact) mass is 453 g/mol. The van der Waals surface area contributed by atoms with E-state index in [1.54, 1.807) is 12.1 Å². The number of carbonyl (C=O) groups is 2. The topological polar surface area (TPSA) is 148 Å². The van der Waals surface area contributed by atoms with E-state index in [1.165, 1.54) is 38.4 Å². The van der Waals surface area contributed by atoms with Gasteiger partial charge in [-0.3, -0.25) is 19.7 Å². The Morgan fingerprint density at radius 3 is 2.61 bits per heavy atom. The molecule has 11 nitrogen and oxygen atoms in total. The van der Waals surface area contributed by atoms with E-state index in [0.29, 0.717) is 31.5 Å². The maximum atomic E-state index is 12.6. The Hall–Kier alpha value is -4.20. The van der Waals surface area contributed by atoms with Crippen molar-refractivity contribution in [2.24, 2.45) is 5.92 Å². The fourth-order valence-corrected chi connectivity index (χ4v) is 3.45. The number of aromatic nitrogens is 1. The maximum absolute atomic E-state index is 12.6. The van der Waals surface area contributed by atoms with Crippen LogP contribution in [-0.2, 0) is 14.3 Å². The molecule has 33 heavy (non-hydrogen) atoms. The molecule has 2 aromatic rings. The first-order valence-corrected chi connectivity index (χ1v) is 10.3. The first kappa shape index (κ1) is 23.5. The smallest absolute Gasteiger partial charge is 0.309 e. The summed E-state index contributed by atoms with van der Waals surface area (Å²) < 4.78 is 10.5. The molecule has 2 heterocycles. The Balaban J connectivity index is 1.54. The van der Waals surface area contributed by atoms with Crippen molar-refractivity contribution in [3.63, 3.8) is 0 Å². The molecule has 0 radical (unpaired) electrons. The number of pyridine rings is 1. The third-order valence-electron chi connectivity index (χ3n) is 5.34. The van der Waals surface area contributed by atoms with Gasteiger partial charge in [-0.1, -0.05) is 0 Å². The van der Waals surface area contributed by atoms with Crippen LogP contribution in [0.2, 0.25) is 0 Å². The third kappa shape index (κ3) is 5.74. The third-order valence-corrected chi connectivity index (χ3v) is 5.34. The highest BCUT2D eigenvalue weighted by atomic mass is 16.6. The Labute approximate surface area is 190 Å². The highest BCUT2D eigenvalue weighted by molar-refractivity contribution is 5.96. The number of piperidine rings is 1. The minimum Gasteiger partial charge on any atom is -0.495 e. The van der Waals surface area contributed by atoms with Gasteiger partial charge in [0.15, 0.2) is 6.10 Å². The number of carbonyl (C=O) groups excluding carboxylic acids is 2. The van der Waals surface area contributed by atoms with Gasteiger partial charge in [0.25, 0.3) is 11.6 Å². The van der Waals surface area contributed by atoms with Gasteiger partial charge >= 0.3 is 5.97 Å². The van der Waals surface area contributed by atoms with Gasteiger partial charge in [-0.25, -0.2) is 4.98 Å². The number of anilines is 2. The Bertz CT molecular complexity index is 1070. The van der Waals surface area contributed by atoms with Crippen molar-refractivity contribution in [2.45, 2.75) is 25.9 Å². The van der Waals surface area contributed by atoms with Gasteiger partial charge in [0.05, 0.1) is 29.2 Å². The lowest BCUT2D eigenvalue weighted by Gasteiger charge is -2.32. The lowest BCUT2D eigenvalue weighted by Crippen LogP contribution is -2.39. The van der Waals surface area contributed by atoms with Gasteiger partial charge < -0.3 is 19.7 Å². The summed E-state index contributed by atoms with van der Waals surface area (Å²) >= 11 is 0. The minimum absolute atomic E-state index is 0.114. The number of methoxy groups -OCH3 is 1. The minimum atomic E-state index is -1.10. The predicted octanol–water partition coefficient (Wildman–Crippen LogP) is 2.66. The molecule has 1 aliphatic heterocycles. The van der Waals surface area contributed by atoms with Crippen molar-refractivity contribution in [3.05, 3.63) is 52.2 Å². The number of rotatable bonds is 7. The van der Waals surface area contributed by atoms with Crippen LogP contribution in [0.25, 0.3) is 0 Å². The molecule has 1 aliphatic rings. The number of amides is 1. The number of non-ortho nitro benzene ring substituents is 1. The molecule has 0 saturated carbocycles. The van der Waals surface area contributed by atoms with Crippen molar-refractivity contribution in [1.29, 1.82) is 5.26 Å². The van der Waals surface area contributed by atoms with Crippen molar-refractivity contribution < 1.29 is 24.0 Å². The van der Waals surface area contributed by atoms with Crippen LogP contribution in [0, 0.1) is 27.4 Å². The number of nitrogens with zero attached hydrogens (tertiary/aromatic N) is 4. The summed E-state index contributed by atoms with van der Waals surface area (Å²) in [6.07, 6.45) is 1.48. The molecule has 0 bridgehead atoms. The zero-order valence-corrected chi connectivity index (χ0v) is 18.2. The molecule has 11 heteroatoms. The van der Waals surface area contributed by atoms with Crippen LogP contribution in [0.4, 0.5) is 17.2 Å². The summed E-state index contributed by atoms with van der Waals surface area (Å²) in [6.45, 7) is 2.61. The molecule has 1 N–H and O–H groups in total. The average Bonchev–Trinajstić information content (AvgIpc) is 2.84. The number of ether oxygens (including phenoxy) is 2. The number of nitro groups is 1. The number of hydrogen-bond donors (Lipinski definition) is 1. The fourth-order valence-electron chi connectivity index (χ4n) is 3.45. The average molecular weight is 453 g/mol. The Kier molecular flexibility index (Phi) is 7.40. The van der Waals surface area contributed by atoms with Crippen LogP contribution in [0.15, 0.2) is 36.5 Å². The highest BCUT2D eigenvalue weighted by Gasteiger charge is 2.29. The standard InChI is InChI=1S/C22H23N5O6/c1-14(21(28)25-18-11-17(27(30)31)4-5-19(18)32-2)33-22(29)16-7-9-26(10-8-16)20-6-3-15(12-23)13-24-20/h3-6,11,13-14,16H,7-10H2,1-2H3,(H,25,28). The molecule has 1 atom stereocenters. The molecule has 1 fully saturated rings. The molecule has 0 aliphatic carbocycles. The highest BCUT2D eigenvalue weighted by Crippen LogP contribution is 2.29. The number of hydrogen-bond acceptors (Lipinski definition) is 9. The number of esters is 1. The summed E-state index contributed by atoms with van der Waals surface area (Å²) in [7, 11) is 1.38. The molecular formula is C22H23N5O6. The molecule has 0 spiro atoms. The second-order valence-electron chi connectivity index (χ2n) is 7.49. The maximum Gasteiger partial charge on any atom is 0.309 e. The number of nitrogens with one attached hydrogen (secondary N) is 1. The zero-order valence-electron chi connectivity index (χ0n) is 18.2. The summed E-state index contributed by atoms with van der Waals surface area (Å²) in [5, 5.41) is 22.4. The van der Waals surface area contributed by atoms with Crippen molar-refractivity contribution in [1.82, 2.24) is 4.98 Å². The lowest BCUT2D eigenvalue weighted by atomic mass is 9.97. The summed E-state index contributed by atoms with van der Waals surface area (Å²) in [4.78, 5) is 41.8. The van der Waals surface area contributed by atoms with Crippen molar-refractivity contribution in [2.75, 3.05) is 30.4 Å². The lowest BCUT2D eigenvalue weighted by molar-refractivity contribution is -0.384. The van der Waals surface area contributed by atoms with Crippen molar-refractivity contribution in [3.8, 4) is 11.8 Å². The van der Waals surface area contributed by atoms with E-state index < -0.39 is 22.9 Å². The summed E-state index contributed by atoms with van der Waals surface area (Å²) in [6, 6.07) is 9.30. The van der Waals surface area contributed by atoms with Gasteiger partial charge in [0, 0.05) is 31.4 Å². The number of nitro benzene ring substituents is 1. The molecular weight excluding hydrogens is 430 g/mol.